The van der Waals surface area contributed by atoms with Gasteiger partial charge in [-0.25, -0.2) is 0 Å². The zero-order valence-electron chi connectivity index (χ0n) is 8.98. The van der Waals surface area contributed by atoms with Crippen LogP contribution in [-0.2, 0) is 13.0 Å². The van der Waals surface area contributed by atoms with Crippen molar-refractivity contribution in [2.75, 3.05) is 27.2 Å². The van der Waals surface area contributed by atoms with Crippen LogP contribution in [0, 0.1) is 0 Å². The molecule has 0 bridgehead atoms. The molecule has 2 N–H and O–H groups in total. The molecule has 0 unspecified atom stereocenters. The number of hydrogen-bond donors (Lipinski definition) is 1. The molecule has 5 nitrogen and oxygen atoms in total. The zero-order valence-corrected chi connectivity index (χ0v) is 8.98. The largest absolute Gasteiger partial charge is 0.330 e. The minimum Gasteiger partial charge on any atom is -0.330 e. The van der Waals surface area contributed by atoms with E-state index >= 15 is 0 Å². The maximum atomic E-state index is 5.48. The summed E-state index contributed by atoms with van der Waals surface area (Å²) in [6.07, 6.45) is 3.70. The van der Waals surface area contributed by atoms with E-state index in [-0.39, 0.29) is 0 Å². The molecule has 14 heavy (non-hydrogen) atoms. The molecule has 1 aromatic rings. The molecule has 0 atom stereocenters. The first kappa shape index (κ1) is 11.1. The van der Waals surface area contributed by atoms with E-state index in [2.05, 4.69) is 33.8 Å². The van der Waals surface area contributed by atoms with Crippen molar-refractivity contribution in [1.82, 2.24) is 19.7 Å². The highest BCUT2D eigenvalue weighted by Gasteiger charge is 2.02. The lowest BCUT2D eigenvalue weighted by Gasteiger charge is -2.10. The maximum Gasteiger partial charge on any atom is 0.134 e. The van der Waals surface area contributed by atoms with Crippen LogP contribution in [0.2, 0.25) is 0 Å². The van der Waals surface area contributed by atoms with Gasteiger partial charge >= 0.3 is 0 Å². The number of hydrogen-bond acceptors (Lipinski definition) is 4. The Kier molecular flexibility index (Phi) is 4.55. The molecule has 0 spiro atoms. The van der Waals surface area contributed by atoms with Crippen LogP contribution in [-0.4, -0.2) is 46.8 Å². The topological polar surface area (TPSA) is 60.0 Å². The van der Waals surface area contributed by atoms with E-state index in [1.807, 2.05) is 0 Å². The monoisotopic (exact) mass is 197 g/mol. The van der Waals surface area contributed by atoms with Gasteiger partial charge in [0.05, 0.1) is 0 Å². The smallest absolute Gasteiger partial charge is 0.134 e. The number of rotatable bonds is 6. The highest BCUT2D eigenvalue weighted by atomic mass is 15.3. The maximum absolute atomic E-state index is 5.48. The van der Waals surface area contributed by atoms with Crippen LogP contribution in [0.25, 0.3) is 0 Å². The molecule has 80 valence electrons. The van der Waals surface area contributed by atoms with Crippen LogP contribution in [0.1, 0.15) is 12.2 Å². The van der Waals surface area contributed by atoms with Crippen LogP contribution in [0.15, 0.2) is 6.33 Å². The van der Waals surface area contributed by atoms with Crippen molar-refractivity contribution in [1.29, 1.82) is 0 Å². The van der Waals surface area contributed by atoms with Gasteiger partial charge in [-0.1, -0.05) is 0 Å². The number of aromatic nitrogens is 3. The number of nitrogens with two attached hydrogens (primary N) is 1. The summed E-state index contributed by atoms with van der Waals surface area (Å²) in [6, 6.07) is 0. The Morgan fingerprint density at radius 1 is 1.50 bits per heavy atom. The Bertz CT molecular complexity index is 255. The van der Waals surface area contributed by atoms with E-state index in [4.69, 9.17) is 5.73 Å². The van der Waals surface area contributed by atoms with Crippen molar-refractivity contribution < 1.29 is 0 Å². The second-order valence-electron chi connectivity index (χ2n) is 3.64. The molecule has 1 heterocycles. The van der Waals surface area contributed by atoms with Gasteiger partial charge in [-0.15, -0.1) is 10.2 Å². The summed E-state index contributed by atoms with van der Waals surface area (Å²) < 4.78 is 2.08. The molecule has 0 radical (unpaired) electrons. The molecule has 0 aromatic carbocycles. The number of aryl methyl sites for hydroxylation is 1. The van der Waals surface area contributed by atoms with Crippen LogP contribution in [0.5, 0.6) is 0 Å². The molecule has 1 rings (SSSR count). The lowest BCUT2D eigenvalue weighted by molar-refractivity contribution is 0.384. The van der Waals surface area contributed by atoms with Crippen molar-refractivity contribution in [3.05, 3.63) is 12.2 Å². The summed E-state index contributed by atoms with van der Waals surface area (Å²) in [6.45, 7) is 2.69. The van der Waals surface area contributed by atoms with Gasteiger partial charge in [-0.3, -0.25) is 0 Å². The predicted molar refractivity (Wildman–Crippen MR) is 56.0 cm³/mol. The van der Waals surface area contributed by atoms with E-state index in [9.17, 15) is 0 Å². The minimum absolute atomic E-state index is 0.631. The van der Waals surface area contributed by atoms with Crippen LogP contribution < -0.4 is 5.73 Å². The van der Waals surface area contributed by atoms with Gasteiger partial charge in [0.1, 0.15) is 12.2 Å². The molecular weight excluding hydrogens is 178 g/mol. The van der Waals surface area contributed by atoms with Gasteiger partial charge in [-0.2, -0.15) is 0 Å². The van der Waals surface area contributed by atoms with Crippen LogP contribution in [0.4, 0.5) is 0 Å². The quantitative estimate of drug-likeness (QED) is 0.682. The van der Waals surface area contributed by atoms with Crippen molar-refractivity contribution in [3.63, 3.8) is 0 Å². The van der Waals surface area contributed by atoms with E-state index in [0.717, 1.165) is 31.8 Å². The van der Waals surface area contributed by atoms with Gasteiger partial charge in [0.2, 0.25) is 0 Å². The Hall–Kier alpha value is -0.940. The van der Waals surface area contributed by atoms with E-state index in [1.165, 1.54) is 0 Å². The molecule has 0 saturated heterocycles. The second-order valence-corrected chi connectivity index (χ2v) is 3.64. The second kappa shape index (κ2) is 5.72. The first-order valence-electron chi connectivity index (χ1n) is 4.95. The summed E-state index contributed by atoms with van der Waals surface area (Å²) in [4.78, 5) is 2.17. The lowest BCUT2D eigenvalue weighted by Crippen LogP contribution is -2.16. The van der Waals surface area contributed by atoms with Crippen molar-refractivity contribution >= 4 is 0 Å². The molecule has 0 amide bonds. The molecule has 5 heteroatoms. The fourth-order valence-corrected chi connectivity index (χ4v) is 1.35. The molecule has 0 aliphatic carbocycles. The highest BCUT2D eigenvalue weighted by molar-refractivity contribution is 4.86. The third-order valence-electron chi connectivity index (χ3n) is 2.07. The third kappa shape index (κ3) is 3.43. The van der Waals surface area contributed by atoms with Gasteiger partial charge < -0.3 is 15.2 Å². The molecule has 0 aliphatic rings. The van der Waals surface area contributed by atoms with Gasteiger partial charge in [0.15, 0.2) is 0 Å². The molecular formula is C9H19N5. The normalized spacial score (nSPS) is 11.1. The van der Waals surface area contributed by atoms with E-state index < -0.39 is 0 Å². The molecule has 0 fully saturated rings. The Balaban J connectivity index is 2.37. The van der Waals surface area contributed by atoms with E-state index in [1.54, 1.807) is 6.33 Å². The Morgan fingerprint density at radius 3 is 2.93 bits per heavy atom. The summed E-state index contributed by atoms with van der Waals surface area (Å²) in [5.41, 5.74) is 5.48. The average molecular weight is 197 g/mol. The summed E-state index contributed by atoms with van der Waals surface area (Å²) in [5, 5.41) is 7.91. The fourth-order valence-electron chi connectivity index (χ4n) is 1.35. The third-order valence-corrected chi connectivity index (χ3v) is 2.07. The first-order valence-corrected chi connectivity index (χ1v) is 4.95. The minimum atomic E-state index is 0.631. The van der Waals surface area contributed by atoms with Gasteiger partial charge in [0, 0.05) is 13.0 Å². The molecule has 0 aliphatic heterocycles. The van der Waals surface area contributed by atoms with E-state index in [0.29, 0.717) is 6.54 Å². The molecule has 1 aromatic heterocycles. The van der Waals surface area contributed by atoms with Crippen LogP contribution >= 0.6 is 0 Å². The van der Waals surface area contributed by atoms with Gasteiger partial charge in [-0.05, 0) is 33.6 Å². The lowest BCUT2D eigenvalue weighted by atomic mass is 10.3. The summed E-state index contributed by atoms with van der Waals surface area (Å²) >= 11 is 0. The highest BCUT2D eigenvalue weighted by Crippen LogP contribution is 1.98. The fraction of sp³-hybridized carbons (Fsp3) is 0.778. The van der Waals surface area contributed by atoms with Crippen molar-refractivity contribution in [3.8, 4) is 0 Å². The van der Waals surface area contributed by atoms with Crippen LogP contribution in [0.3, 0.4) is 0 Å². The summed E-state index contributed by atoms with van der Waals surface area (Å²) in [7, 11) is 4.15. The van der Waals surface area contributed by atoms with Gasteiger partial charge in [0.25, 0.3) is 0 Å². The van der Waals surface area contributed by atoms with Crippen molar-refractivity contribution in [2.24, 2.45) is 5.73 Å². The van der Waals surface area contributed by atoms with Crippen molar-refractivity contribution in [2.45, 2.75) is 19.4 Å². The first-order chi connectivity index (χ1) is 6.74. The average Bonchev–Trinajstić information content (AvgIpc) is 2.53. The number of nitrogens with zero attached hydrogens (tertiary/aromatic N) is 4. The Morgan fingerprint density at radius 2 is 2.29 bits per heavy atom. The summed E-state index contributed by atoms with van der Waals surface area (Å²) in [5.74, 6) is 0.992. The SMILES string of the molecule is CN(C)CCCn1cnnc1CCN. The zero-order chi connectivity index (χ0) is 10.4. The standard InChI is InChI=1S/C9H19N5/c1-13(2)6-3-7-14-8-11-12-9(14)4-5-10/h8H,3-7,10H2,1-2H3. The molecule has 0 saturated carbocycles. The predicted octanol–water partition coefficient (Wildman–Crippen LogP) is -0.269. The Labute approximate surface area is 84.9 Å².